The summed E-state index contributed by atoms with van der Waals surface area (Å²) in [6, 6.07) is 21.5. The van der Waals surface area contributed by atoms with Crippen LogP contribution in [0.2, 0.25) is 0 Å². The van der Waals surface area contributed by atoms with E-state index >= 15 is 0 Å². The molecule has 0 radical (unpaired) electrons. The van der Waals surface area contributed by atoms with E-state index < -0.39 is 20.2 Å². The molecular weight excluding hydrogens is 705 g/mol. The molecule has 4 aromatic rings. The monoisotopic (exact) mass is 762 g/mol. The second-order valence-corrected chi connectivity index (χ2v) is 16.4. The first-order valence-electron chi connectivity index (χ1n) is 19.0. The molecule has 0 aromatic heterocycles. The van der Waals surface area contributed by atoms with Crippen LogP contribution in [0, 0.1) is 0 Å². The van der Waals surface area contributed by atoms with Crippen LogP contribution in [0.1, 0.15) is 141 Å². The van der Waals surface area contributed by atoms with Gasteiger partial charge in [0.2, 0.25) is 0 Å². The third-order valence-corrected chi connectivity index (χ3v) is 11.1. The number of fused-ring (bicyclic) bond motifs is 2. The van der Waals surface area contributed by atoms with E-state index in [1.54, 1.807) is 12.1 Å². The fraction of sp³-hybridized carbons (Fsp3) is 0.524. The van der Waals surface area contributed by atoms with Gasteiger partial charge in [0.1, 0.15) is 20.2 Å². The predicted octanol–water partition coefficient (Wildman–Crippen LogP) is 11.3. The molecule has 9 heteroatoms. The smallest absolute Gasteiger partial charge is 0.744 e. The first-order chi connectivity index (χ1) is 24.0. The second-order valence-electron chi connectivity index (χ2n) is 13.7. The van der Waals surface area contributed by atoms with Crippen LogP contribution < -0.4 is 0 Å². The van der Waals surface area contributed by atoms with Crippen molar-refractivity contribution in [3.63, 3.8) is 0 Å². The molecule has 0 unspecified atom stereocenters. The largest absolute Gasteiger partial charge is 2.00 e. The number of hydrogen-bond acceptors (Lipinski definition) is 6. The summed E-state index contributed by atoms with van der Waals surface area (Å²) in [5.74, 6) is 0. The molecule has 4 aromatic carbocycles. The molecule has 0 aliphatic rings. The topological polar surface area (TPSA) is 114 Å². The zero-order chi connectivity index (χ0) is 36.2. The van der Waals surface area contributed by atoms with Crippen LogP contribution in [-0.2, 0) is 33.1 Å². The van der Waals surface area contributed by atoms with E-state index in [0.717, 1.165) is 71.2 Å². The average molecular weight is 763 g/mol. The van der Waals surface area contributed by atoms with Gasteiger partial charge in [0.15, 0.2) is 0 Å². The van der Waals surface area contributed by atoms with Gasteiger partial charge in [0, 0.05) is 0 Å². The molecule has 51 heavy (non-hydrogen) atoms. The molecule has 0 N–H and O–H groups in total. The second kappa shape index (κ2) is 24.7. The molecular formula is C42H58CaO6S2. The van der Waals surface area contributed by atoms with E-state index in [1.165, 1.54) is 102 Å². The third-order valence-electron chi connectivity index (χ3n) is 9.52. The number of rotatable bonds is 22. The van der Waals surface area contributed by atoms with Crippen LogP contribution in [0.15, 0.2) is 82.6 Å². The van der Waals surface area contributed by atoms with Crippen LogP contribution in [0.25, 0.3) is 21.5 Å². The molecule has 0 aliphatic heterocycles. The van der Waals surface area contributed by atoms with Gasteiger partial charge in [-0.25, -0.2) is 16.8 Å². The van der Waals surface area contributed by atoms with Gasteiger partial charge < -0.3 is 9.11 Å². The molecule has 0 saturated heterocycles. The van der Waals surface area contributed by atoms with Crippen molar-refractivity contribution in [2.24, 2.45) is 0 Å². The third kappa shape index (κ3) is 17.0. The van der Waals surface area contributed by atoms with E-state index in [9.17, 15) is 25.9 Å². The zero-order valence-electron chi connectivity index (χ0n) is 31.0. The SMILES string of the molecule is CCCCCCCCCCCc1cc(S(=O)(=O)[O-])cc2ccccc12.CCCCCCCCCCCc1cc(S(=O)(=O)[O-])cc2ccccc12.[Ca+2]. The van der Waals surface area contributed by atoms with Gasteiger partial charge in [-0.05, 0) is 82.6 Å². The van der Waals surface area contributed by atoms with Crippen molar-refractivity contribution in [1.29, 1.82) is 0 Å². The summed E-state index contributed by atoms with van der Waals surface area (Å²) in [5, 5.41) is 3.75. The van der Waals surface area contributed by atoms with Crippen molar-refractivity contribution in [3.05, 3.63) is 83.9 Å². The van der Waals surface area contributed by atoms with Crippen molar-refractivity contribution in [1.82, 2.24) is 0 Å². The number of unbranched alkanes of at least 4 members (excludes halogenated alkanes) is 16. The molecule has 4 rings (SSSR count). The summed E-state index contributed by atoms with van der Waals surface area (Å²) >= 11 is 0. The van der Waals surface area contributed by atoms with Crippen molar-refractivity contribution < 1.29 is 25.9 Å². The van der Waals surface area contributed by atoms with Crippen LogP contribution in [0.4, 0.5) is 0 Å². The summed E-state index contributed by atoms with van der Waals surface area (Å²) in [7, 11) is -8.83. The Morgan fingerprint density at radius 1 is 0.431 bits per heavy atom. The number of hydrogen-bond donors (Lipinski definition) is 0. The van der Waals surface area contributed by atoms with Gasteiger partial charge in [-0.2, -0.15) is 0 Å². The molecule has 0 atom stereocenters. The zero-order valence-corrected chi connectivity index (χ0v) is 34.9. The van der Waals surface area contributed by atoms with Crippen LogP contribution in [-0.4, -0.2) is 63.7 Å². The van der Waals surface area contributed by atoms with Gasteiger partial charge >= 0.3 is 37.7 Å². The van der Waals surface area contributed by atoms with E-state index in [4.69, 9.17) is 0 Å². The minimum absolute atomic E-state index is 0. The molecule has 0 heterocycles. The molecule has 6 nitrogen and oxygen atoms in total. The fourth-order valence-electron chi connectivity index (χ4n) is 6.67. The van der Waals surface area contributed by atoms with Gasteiger partial charge in [0.05, 0.1) is 9.79 Å². The maximum atomic E-state index is 11.4. The standard InChI is InChI=1S/2C21H30O3S.Ca/c2*1-2-3-4-5-6-7-8-9-10-13-18-16-20(25(22,23)24)17-19-14-11-12-15-21(18)19;/h2*11-12,14-17H,2-10,13H2,1H3,(H,22,23,24);/q;;+2/p-2. The van der Waals surface area contributed by atoms with Crippen molar-refractivity contribution >= 4 is 79.5 Å². The van der Waals surface area contributed by atoms with Crippen LogP contribution in [0.3, 0.4) is 0 Å². The molecule has 0 aliphatic carbocycles. The first kappa shape index (κ1) is 45.6. The Morgan fingerprint density at radius 2 is 0.725 bits per heavy atom. The van der Waals surface area contributed by atoms with Crippen LogP contribution >= 0.6 is 0 Å². The maximum absolute atomic E-state index is 11.4. The molecule has 276 valence electrons. The minimum Gasteiger partial charge on any atom is -0.744 e. The number of benzene rings is 4. The Balaban J connectivity index is 0.000000347. The van der Waals surface area contributed by atoms with Gasteiger partial charge in [-0.1, -0.05) is 165 Å². The van der Waals surface area contributed by atoms with Crippen molar-refractivity contribution in [2.45, 2.75) is 152 Å². The summed E-state index contributed by atoms with van der Waals surface area (Å²) in [6.45, 7) is 4.47. The maximum Gasteiger partial charge on any atom is 2.00 e. The van der Waals surface area contributed by atoms with E-state index in [-0.39, 0.29) is 47.5 Å². The normalized spacial score (nSPS) is 11.7. The summed E-state index contributed by atoms with van der Waals surface area (Å²) < 4.78 is 68.4. The van der Waals surface area contributed by atoms with Crippen molar-refractivity contribution in [3.8, 4) is 0 Å². The summed E-state index contributed by atoms with van der Waals surface area (Å²) in [6.07, 6.45) is 24.2. The van der Waals surface area contributed by atoms with E-state index in [1.807, 2.05) is 48.5 Å². The molecule has 0 bridgehead atoms. The fourth-order valence-corrected chi connectivity index (χ4v) is 7.79. The quantitative estimate of drug-likeness (QED) is 0.0447. The molecule has 0 amide bonds. The Kier molecular flexibility index (Phi) is 22.1. The summed E-state index contributed by atoms with van der Waals surface area (Å²) in [4.78, 5) is -0.228. The molecule has 0 saturated carbocycles. The first-order valence-corrected chi connectivity index (χ1v) is 21.8. The van der Waals surface area contributed by atoms with Gasteiger partial charge in [-0.15, -0.1) is 0 Å². The summed E-state index contributed by atoms with van der Waals surface area (Å²) in [5.41, 5.74) is 1.94. The van der Waals surface area contributed by atoms with E-state index in [0.29, 0.717) is 0 Å². The number of aryl methyl sites for hydroxylation is 2. The predicted molar refractivity (Wildman–Crippen MR) is 211 cm³/mol. The Bertz CT molecular complexity index is 1670. The Labute approximate surface area is 338 Å². The van der Waals surface area contributed by atoms with Gasteiger partial charge in [-0.3, -0.25) is 0 Å². The average Bonchev–Trinajstić information content (AvgIpc) is 3.09. The molecule has 0 spiro atoms. The minimum atomic E-state index is -4.42. The van der Waals surface area contributed by atoms with Crippen LogP contribution in [0.5, 0.6) is 0 Å². The Morgan fingerprint density at radius 3 is 1.04 bits per heavy atom. The Hall–Kier alpha value is -1.52. The van der Waals surface area contributed by atoms with Gasteiger partial charge in [0.25, 0.3) is 0 Å². The van der Waals surface area contributed by atoms with E-state index in [2.05, 4.69) is 13.8 Å². The molecule has 0 fully saturated rings. The van der Waals surface area contributed by atoms with Crippen molar-refractivity contribution in [2.75, 3.05) is 0 Å².